The molecule has 0 radical (unpaired) electrons. The minimum absolute atomic E-state index is 0.117. The fourth-order valence-electron chi connectivity index (χ4n) is 3.53. The molecule has 2 heterocycles. The number of hydrogen-bond donors (Lipinski definition) is 2. The number of tetrazole rings is 1. The van der Waals surface area contributed by atoms with Gasteiger partial charge >= 0.3 is 0 Å². The monoisotopic (exact) mass is 380 g/mol. The van der Waals surface area contributed by atoms with Crippen molar-refractivity contribution < 1.29 is 18.2 Å². The first-order valence-electron chi connectivity index (χ1n) is 9.12. The van der Waals surface area contributed by atoms with Crippen LogP contribution in [0, 0.1) is 6.92 Å². The van der Waals surface area contributed by atoms with Gasteiger partial charge in [0.05, 0.1) is 11.9 Å². The standard InChI is InChI=1S/C17H26N6O2S/c1-4-16(22-11-9-21(3)10-12-22)17-18-19-20-23(17)13-26(24,25)15-7-5-14(2)6-8-15/h5-8,16H,4,9-13H2,1-3H3/p+2/t16-/m1/s1. The Morgan fingerprint density at radius 2 is 1.81 bits per heavy atom. The molecule has 8 nitrogen and oxygen atoms in total. The van der Waals surface area contributed by atoms with E-state index in [-0.39, 0.29) is 11.9 Å². The second-order valence-electron chi connectivity index (χ2n) is 7.17. The summed E-state index contributed by atoms with van der Waals surface area (Å²) in [6.45, 7) is 8.34. The SMILES string of the molecule is CC[C@H](c1nnnn1CS(=O)(=O)c1ccc(C)cc1)[NH+]1CC[NH+](C)CC1. The number of quaternary nitrogens is 2. The van der Waals surface area contributed by atoms with Crippen LogP contribution in [0.5, 0.6) is 0 Å². The Bertz CT molecular complexity index is 825. The van der Waals surface area contributed by atoms with Gasteiger partial charge in [-0.2, -0.15) is 0 Å². The van der Waals surface area contributed by atoms with Crippen molar-refractivity contribution in [1.29, 1.82) is 0 Å². The van der Waals surface area contributed by atoms with Gasteiger partial charge in [0.2, 0.25) is 5.82 Å². The number of aryl methyl sites for hydroxylation is 1. The smallest absolute Gasteiger partial charge is 0.210 e. The third-order valence-corrected chi connectivity index (χ3v) is 6.77. The van der Waals surface area contributed by atoms with Crippen LogP contribution in [-0.4, -0.2) is 61.9 Å². The summed E-state index contributed by atoms with van der Waals surface area (Å²) in [4.78, 5) is 3.26. The Hall–Kier alpha value is -1.84. The van der Waals surface area contributed by atoms with Gasteiger partial charge in [-0.25, -0.2) is 13.1 Å². The summed E-state index contributed by atoms with van der Waals surface area (Å²) < 4.78 is 27.0. The van der Waals surface area contributed by atoms with Crippen molar-refractivity contribution in [3.63, 3.8) is 0 Å². The Morgan fingerprint density at radius 1 is 1.15 bits per heavy atom. The summed E-state index contributed by atoms with van der Waals surface area (Å²) >= 11 is 0. The van der Waals surface area contributed by atoms with Crippen LogP contribution in [0.25, 0.3) is 0 Å². The minimum atomic E-state index is -3.50. The quantitative estimate of drug-likeness (QED) is 0.623. The molecule has 1 aromatic heterocycles. The lowest BCUT2D eigenvalue weighted by molar-refractivity contribution is -1.02. The van der Waals surface area contributed by atoms with Crippen LogP contribution in [0.15, 0.2) is 29.2 Å². The molecule has 1 saturated heterocycles. The number of nitrogens with one attached hydrogen (secondary N) is 2. The lowest BCUT2D eigenvalue weighted by Gasteiger charge is -2.32. The number of piperazine rings is 1. The van der Waals surface area contributed by atoms with Gasteiger partial charge in [-0.15, -0.1) is 5.10 Å². The van der Waals surface area contributed by atoms with Crippen LogP contribution in [0.3, 0.4) is 0 Å². The molecular weight excluding hydrogens is 352 g/mol. The number of rotatable bonds is 6. The fraction of sp³-hybridized carbons (Fsp3) is 0.588. The second kappa shape index (κ2) is 7.81. The predicted octanol–water partition coefficient (Wildman–Crippen LogP) is -1.72. The van der Waals surface area contributed by atoms with Crippen molar-refractivity contribution in [2.24, 2.45) is 0 Å². The summed E-state index contributed by atoms with van der Waals surface area (Å²) in [5, 5.41) is 11.9. The predicted molar refractivity (Wildman–Crippen MR) is 96.5 cm³/mol. The van der Waals surface area contributed by atoms with Crippen LogP contribution >= 0.6 is 0 Å². The van der Waals surface area contributed by atoms with Gasteiger partial charge in [0.25, 0.3) is 0 Å². The first-order chi connectivity index (χ1) is 12.4. The molecule has 1 fully saturated rings. The topological polar surface area (TPSA) is 86.6 Å². The normalized spacial score (nSPS) is 22.3. The number of likely N-dealkylation sites (N-methyl/N-ethyl adjacent to an activating group) is 1. The average molecular weight is 381 g/mol. The Morgan fingerprint density at radius 3 is 2.42 bits per heavy atom. The van der Waals surface area contributed by atoms with E-state index in [1.807, 2.05) is 6.92 Å². The lowest BCUT2D eigenvalue weighted by Crippen LogP contribution is -3.27. The maximum atomic E-state index is 12.8. The Kier molecular flexibility index (Phi) is 5.69. The molecule has 1 aliphatic rings. The first kappa shape index (κ1) is 18.9. The first-order valence-corrected chi connectivity index (χ1v) is 10.8. The molecule has 26 heavy (non-hydrogen) atoms. The second-order valence-corrected chi connectivity index (χ2v) is 9.13. The number of benzene rings is 1. The van der Waals surface area contributed by atoms with Crippen LogP contribution in [-0.2, 0) is 15.7 Å². The lowest BCUT2D eigenvalue weighted by atomic mass is 10.1. The molecule has 0 bridgehead atoms. The highest BCUT2D eigenvalue weighted by molar-refractivity contribution is 7.90. The van der Waals surface area contributed by atoms with E-state index in [1.54, 1.807) is 24.3 Å². The zero-order valence-corrected chi connectivity index (χ0v) is 16.5. The van der Waals surface area contributed by atoms with Crippen molar-refractivity contribution in [2.45, 2.75) is 37.1 Å². The zero-order chi connectivity index (χ0) is 18.7. The number of aromatic nitrogens is 4. The van der Waals surface area contributed by atoms with Gasteiger partial charge in [0.15, 0.2) is 15.7 Å². The molecule has 0 saturated carbocycles. The minimum Gasteiger partial charge on any atom is -0.328 e. The Labute approximate surface area is 154 Å². The highest BCUT2D eigenvalue weighted by Crippen LogP contribution is 2.16. The van der Waals surface area contributed by atoms with Gasteiger partial charge in [-0.3, -0.25) is 0 Å². The van der Waals surface area contributed by atoms with E-state index in [1.165, 1.54) is 14.5 Å². The van der Waals surface area contributed by atoms with Gasteiger partial charge in [-0.1, -0.05) is 24.6 Å². The molecule has 3 rings (SSSR count). The number of hydrogen-bond acceptors (Lipinski definition) is 5. The molecule has 0 spiro atoms. The van der Waals surface area contributed by atoms with Gasteiger partial charge < -0.3 is 9.80 Å². The zero-order valence-electron chi connectivity index (χ0n) is 15.6. The average Bonchev–Trinajstić information content (AvgIpc) is 3.05. The largest absolute Gasteiger partial charge is 0.328 e. The maximum Gasteiger partial charge on any atom is 0.210 e. The summed E-state index contributed by atoms with van der Waals surface area (Å²) in [5.41, 5.74) is 1.03. The fourth-order valence-corrected chi connectivity index (χ4v) is 4.74. The van der Waals surface area contributed by atoms with Gasteiger partial charge in [0.1, 0.15) is 32.2 Å². The van der Waals surface area contributed by atoms with Gasteiger partial charge in [0, 0.05) is 6.42 Å². The van der Waals surface area contributed by atoms with Crippen molar-refractivity contribution in [3.05, 3.63) is 35.7 Å². The van der Waals surface area contributed by atoms with Crippen LogP contribution < -0.4 is 9.80 Å². The van der Waals surface area contributed by atoms with Crippen LogP contribution in [0.2, 0.25) is 0 Å². The van der Waals surface area contributed by atoms with E-state index in [2.05, 4.69) is 29.5 Å². The van der Waals surface area contributed by atoms with E-state index in [4.69, 9.17) is 0 Å². The van der Waals surface area contributed by atoms with Crippen molar-refractivity contribution in [2.75, 3.05) is 33.2 Å². The van der Waals surface area contributed by atoms with E-state index in [9.17, 15) is 8.42 Å². The summed E-state index contributed by atoms with van der Waals surface area (Å²) in [7, 11) is -1.29. The van der Waals surface area contributed by atoms with Crippen LogP contribution in [0.1, 0.15) is 30.8 Å². The van der Waals surface area contributed by atoms with E-state index in [0.717, 1.165) is 38.2 Å². The molecular formula is C17H28N6O2S+2. The molecule has 1 atom stereocenters. The third kappa shape index (κ3) is 4.11. The molecule has 9 heteroatoms. The number of nitrogens with zero attached hydrogens (tertiary/aromatic N) is 4. The van der Waals surface area contributed by atoms with E-state index >= 15 is 0 Å². The van der Waals surface area contributed by atoms with Crippen molar-refractivity contribution in [1.82, 2.24) is 20.2 Å². The third-order valence-electron chi connectivity index (χ3n) is 5.19. The van der Waals surface area contributed by atoms with Crippen molar-refractivity contribution in [3.8, 4) is 0 Å². The molecule has 1 aliphatic heterocycles. The molecule has 2 N–H and O–H groups in total. The van der Waals surface area contributed by atoms with Crippen molar-refractivity contribution >= 4 is 9.84 Å². The van der Waals surface area contributed by atoms with E-state index in [0.29, 0.717) is 10.7 Å². The van der Waals surface area contributed by atoms with Crippen LogP contribution in [0.4, 0.5) is 0 Å². The number of sulfone groups is 1. The Balaban J connectivity index is 1.82. The molecule has 0 unspecified atom stereocenters. The molecule has 0 aliphatic carbocycles. The molecule has 1 aromatic carbocycles. The molecule has 0 amide bonds. The highest BCUT2D eigenvalue weighted by atomic mass is 32.2. The highest BCUT2D eigenvalue weighted by Gasteiger charge is 2.33. The van der Waals surface area contributed by atoms with Gasteiger partial charge in [-0.05, 0) is 29.5 Å². The molecule has 142 valence electrons. The summed E-state index contributed by atoms with van der Waals surface area (Å²) in [6, 6.07) is 7.00. The van der Waals surface area contributed by atoms with E-state index < -0.39 is 9.84 Å². The summed E-state index contributed by atoms with van der Waals surface area (Å²) in [6.07, 6.45) is 0.874. The summed E-state index contributed by atoms with van der Waals surface area (Å²) in [5.74, 6) is 0.436. The molecule has 2 aromatic rings. The maximum absolute atomic E-state index is 12.8.